The van der Waals surface area contributed by atoms with Crippen LogP contribution in [-0.2, 0) is 21.3 Å². The predicted octanol–water partition coefficient (Wildman–Crippen LogP) is 2.07. The molecule has 10 heteroatoms. The van der Waals surface area contributed by atoms with Crippen LogP contribution in [0.2, 0.25) is 0 Å². The molecule has 1 fully saturated rings. The van der Waals surface area contributed by atoms with Gasteiger partial charge in [-0.1, -0.05) is 12.1 Å². The summed E-state index contributed by atoms with van der Waals surface area (Å²) >= 11 is 0. The number of benzene rings is 2. The second kappa shape index (κ2) is 10.8. The lowest BCUT2D eigenvalue weighted by molar-refractivity contribution is 0.0730. The van der Waals surface area contributed by atoms with Crippen molar-refractivity contribution in [3.63, 3.8) is 0 Å². The van der Waals surface area contributed by atoms with Crippen molar-refractivity contribution in [1.82, 2.24) is 19.2 Å². The first-order chi connectivity index (χ1) is 16.4. The lowest BCUT2D eigenvalue weighted by Crippen LogP contribution is -2.40. The van der Waals surface area contributed by atoms with Gasteiger partial charge < -0.3 is 19.4 Å². The maximum absolute atomic E-state index is 12.7. The Morgan fingerprint density at radius 3 is 2.44 bits per heavy atom. The first-order valence-corrected chi connectivity index (χ1v) is 12.5. The molecular formula is C24H28N4O5S. The van der Waals surface area contributed by atoms with Gasteiger partial charge in [0.25, 0.3) is 5.91 Å². The molecule has 4 rings (SSSR count). The normalized spacial score (nSPS) is 14.6. The molecule has 2 heterocycles. The maximum Gasteiger partial charge on any atom is 0.251 e. The molecule has 1 aliphatic rings. The summed E-state index contributed by atoms with van der Waals surface area (Å²) in [7, 11) is -3.53. The van der Waals surface area contributed by atoms with Crippen molar-refractivity contribution in [2.24, 2.45) is 0 Å². The van der Waals surface area contributed by atoms with Gasteiger partial charge in [0.15, 0.2) is 0 Å². The number of aryl methyl sites for hydroxylation is 1. The van der Waals surface area contributed by atoms with Crippen LogP contribution < -0.4 is 10.1 Å². The van der Waals surface area contributed by atoms with Crippen molar-refractivity contribution >= 4 is 15.9 Å². The zero-order valence-corrected chi connectivity index (χ0v) is 19.8. The molecular weight excluding hydrogens is 456 g/mol. The number of carbonyl (C=O) groups excluding carboxylic acids is 1. The summed E-state index contributed by atoms with van der Waals surface area (Å²) in [6.07, 6.45) is 3.69. The number of carbonyl (C=O) groups is 1. The summed E-state index contributed by atoms with van der Waals surface area (Å²) in [5, 5.41) is 2.83. The summed E-state index contributed by atoms with van der Waals surface area (Å²) < 4.78 is 39.6. The van der Waals surface area contributed by atoms with E-state index in [0.717, 1.165) is 11.4 Å². The zero-order valence-electron chi connectivity index (χ0n) is 19.0. The van der Waals surface area contributed by atoms with Gasteiger partial charge in [-0.2, -0.15) is 4.31 Å². The molecule has 0 unspecified atom stereocenters. The molecule has 0 bridgehead atoms. The molecule has 1 saturated heterocycles. The molecule has 34 heavy (non-hydrogen) atoms. The van der Waals surface area contributed by atoms with E-state index in [1.807, 2.05) is 29.8 Å². The fraction of sp³-hybridized carbons (Fsp3) is 0.333. The van der Waals surface area contributed by atoms with Gasteiger partial charge in [-0.15, -0.1) is 0 Å². The van der Waals surface area contributed by atoms with Crippen molar-refractivity contribution < 1.29 is 22.7 Å². The van der Waals surface area contributed by atoms with Gasteiger partial charge in [0, 0.05) is 37.6 Å². The third-order valence-corrected chi connectivity index (χ3v) is 7.49. The minimum Gasteiger partial charge on any atom is -0.492 e. The van der Waals surface area contributed by atoms with E-state index in [9.17, 15) is 13.2 Å². The number of nitrogens with zero attached hydrogens (tertiary/aromatic N) is 3. The lowest BCUT2D eigenvalue weighted by Gasteiger charge is -2.26. The molecule has 3 aromatic rings. The first kappa shape index (κ1) is 23.9. The van der Waals surface area contributed by atoms with Crippen molar-refractivity contribution in [2.45, 2.75) is 18.4 Å². The molecule has 0 atom stereocenters. The van der Waals surface area contributed by atoms with Crippen molar-refractivity contribution in [1.29, 1.82) is 0 Å². The number of hydrogen-bond acceptors (Lipinski definition) is 6. The van der Waals surface area contributed by atoms with Crippen LogP contribution in [0.25, 0.3) is 0 Å². The molecule has 1 aromatic heterocycles. The smallest absolute Gasteiger partial charge is 0.251 e. The fourth-order valence-corrected chi connectivity index (χ4v) is 5.02. The molecule has 1 N–H and O–H groups in total. The van der Waals surface area contributed by atoms with Crippen LogP contribution in [0.15, 0.2) is 65.8 Å². The number of sulfonamides is 1. The predicted molar refractivity (Wildman–Crippen MR) is 126 cm³/mol. The number of hydrogen-bond donors (Lipinski definition) is 1. The average molecular weight is 485 g/mol. The Kier molecular flexibility index (Phi) is 7.61. The molecule has 9 nitrogen and oxygen atoms in total. The van der Waals surface area contributed by atoms with E-state index in [2.05, 4.69) is 10.3 Å². The second-order valence-corrected chi connectivity index (χ2v) is 9.83. The molecule has 1 amide bonds. The first-order valence-electron chi connectivity index (χ1n) is 11.1. The second-order valence-electron chi connectivity index (χ2n) is 7.89. The molecule has 0 saturated carbocycles. The van der Waals surface area contributed by atoms with E-state index in [4.69, 9.17) is 9.47 Å². The summed E-state index contributed by atoms with van der Waals surface area (Å²) in [5.41, 5.74) is 1.66. The van der Waals surface area contributed by atoms with Crippen LogP contribution in [-0.4, -0.2) is 67.6 Å². The number of aromatic nitrogens is 2. The third kappa shape index (κ3) is 5.82. The molecule has 2 aromatic carbocycles. The monoisotopic (exact) mass is 484 g/mol. The number of ether oxygens (including phenoxy) is 2. The van der Waals surface area contributed by atoms with Gasteiger partial charge in [0.2, 0.25) is 10.0 Å². The Balaban J connectivity index is 1.22. The van der Waals surface area contributed by atoms with Crippen LogP contribution >= 0.6 is 0 Å². The molecule has 0 spiro atoms. The number of nitrogens with one attached hydrogen (secondary N) is 1. The van der Waals surface area contributed by atoms with Crippen LogP contribution in [0.1, 0.15) is 21.7 Å². The van der Waals surface area contributed by atoms with Gasteiger partial charge >= 0.3 is 0 Å². The van der Waals surface area contributed by atoms with E-state index < -0.39 is 10.0 Å². The molecule has 1 aliphatic heterocycles. The van der Waals surface area contributed by atoms with Gasteiger partial charge in [-0.3, -0.25) is 4.79 Å². The van der Waals surface area contributed by atoms with Crippen molar-refractivity contribution in [3.8, 4) is 5.75 Å². The Bertz CT molecular complexity index is 1200. The topological polar surface area (TPSA) is 103 Å². The maximum atomic E-state index is 12.7. The van der Waals surface area contributed by atoms with Crippen LogP contribution in [0.3, 0.4) is 0 Å². The van der Waals surface area contributed by atoms with Crippen LogP contribution in [0, 0.1) is 6.92 Å². The highest BCUT2D eigenvalue weighted by atomic mass is 32.2. The minimum atomic E-state index is -3.53. The minimum absolute atomic E-state index is 0.180. The Morgan fingerprint density at radius 1 is 1.09 bits per heavy atom. The van der Waals surface area contributed by atoms with Gasteiger partial charge in [0.05, 0.1) is 24.7 Å². The van der Waals surface area contributed by atoms with E-state index >= 15 is 0 Å². The highest BCUT2D eigenvalue weighted by Crippen LogP contribution is 2.20. The summed E-state index contributed by atoms with van der Waals surface area (Å²) in [4.78, 5) is 16.8. The summed E-state index contributed by atoms with van der Waals surface area (Å²) in [5.74, 6) is 1.30. The molecule has 0 radical (unpaired) electrons. The molecule has 0 aliphatic carbocycles. The van der Waals surface area contributed by atoms with Gasteiger partial charge in [-0.25, -0.2) is 13.4 Å². The largest absolute Gasteiger partial charge is 0.492 e. The summed E-state index contributed by atoms with van der Waals surface area (Å²) in [6.45, 7) is 4.76. The molecule has 180 valence electrons. The van der Waals surface area contributed by atoms with Crippen LogP contribution in [0.4, 0.5) is 0 Å². The van der Waals surface area contributed by atoms with Crippen molar-refractivity contribution in [3.05, 3.63) is 77.9 Å². The zero-order chi connectivity index (χ0) is 24.0. The van der Waals surface area contributed by atoms with E-state index in [1.165, 1.54) is 16.4 Å². The summed E-state index contributed by atoms with van der Waals surface area (Å²) in [6, 6.07) is 13.8. The van der Waals surface area contributed by atoms with Crippen molar-refractivity contribution in [2.75, 3.05) is 39.5 Å². The van der Waals surface area contributed by atoms with E-state index in [1.54, 1.807) is 30.5 Å². The highest BCUT2D eigenvalue weighted by Gasteiger charge is 2.26. The number of morpholine rings is 1. The highest BCUT2D eigenvalue weighted by molar-refractivity contribution is 7.89. The Morgan fingerprint density at radius 2 is 1.79 bits per heavy atom. The standard InChI is InChI=1S/C24H28N4O5S/c1-19-25-10-12-27(19)18-20-2-4-21(5-3-20)24(29)26-11-15-33-22-6-8-23(9-7-22)34(30,31)28-13-16-32-17-14-28/h2-10,12H,11,13-18H2,1H3,(H,26,29). The lowest BCUT2D eigenvalue weighted by atomic mass is 10.1. The quantitative estimate of drug-likeness (QED) is 0.467. The van der Waals surface area contributed by atoms with Crippen LogP contribution in [0.5, 0.6) is 5.75 Å². The Labute approximate surface area is 199 Å². The van der Waals surface area contributed by atoms with Gasteiger partial charge in [0.1, 0.15) is 18.2 Å². The SMILES string of the molecule is Cc1nccn1Cc1ccc(C(=O)NCCOc2ccc(S(=O)(=O)N3CCOCC3)cc2)cc1. The Hall–Kier alpha value is -3.21. The van der Waals surface area contributed by atoms with E-state index in [0.29, 0.717) is 50.7 Å². The fourth-order valence-electron chi connectivity index (χ4n) is 3.61. The van der Waals surface area contributed by atoms with E-state index in [-0.39, 0.29) is 17.4 Å². The number of imidazole rings is 1. The third-order valence-electron chi connectivity index (χ3n) is 5.58. The number of rotatable bonds is 9. The van der Waals surface area contributed by atoms with Gasteiger partial charge in [-0.05, 0) is 48.9 Å². The number of amides is 1. The average Bonchev–Trinajstić information content (AvgIpc) is 3.27.